The molecule has 9 heavy (non-hydrogen) atoms. The van der Waals surface area contributed by atoms with Gasteiger partial charge in [-0.15, -0.1) is 0 Å². The third-order valence-corrected chi connectivity index (χ3v) is 3.52. The van der Waals surface area contributed by atoms with Gasteiger partial charge in [-0.1, -0.05) is 0 Å². The highest BCUT2D eigenvalue weighted by Crippen LogP contribution is 2.11. The molecule has 3 heteroatoms. The second-order valence-electron chi connectivity index (χ2n) is 2.37. The van der Waals surface area contributed by atoms with Crippen molar-refractivity contribution in [1.29, 1.82) is 0 Å². The maximum absolute atomic E-state index is 11.0. The first-order valence-corrected chi connectivity index (χ1v) is 4.59. The standard InChI is InChI=1S/C6H12O2S/c1-5-6(2)9(7)4-3-8-5/h5-6H,3-4H2,1-2H3/t5-,6+,9?/m0/s1. The van der Waals surface area contributed by atoms with Gasteiger partial charge in [-0.3, -0.25) is 4.21 Å². The van der Waals surface area contributed by atoms with Gasteiger partial charge in [0.25, 0.3) is 0 Å². The van der Waals surface area contributed by atoms with Gasteiger partial charge in [0.1, 0.15) is 0 Å². The van der Waals surface area contributed by atoms with Crippen molar-refractivity contribution >= 4 is 10.8 Å². The van der Waals surface area contributed by atoms with Crippen molar-refractivity contribution < 1.29 is 8.95 Å². The molecule has 54 valence electrons. The predicted octanol–water partition coefficient (Wildman–Crippen LogP) is 0.542. The van der Waals surface area contributed by atoms with Gasteiger partial charge in [-0.2, -0.15) is 0 Å². The summed E-state index contributed by atoms with van der Waals surface area (Å²) < 4.78 is 16.3. The molecule has 3 atom stereocenters. The lowest BCUT2D eigenvalue weighted by Gasteiger charge is -2.24. The zero-order valence-electron chi connectivity index (χ0n) is 5.79. The molecule has 0 amide bonds. The number of hydrogen-bond acceptors (Lipinski definition) is 2. The van der Waals surface area contributed by atoms with Gasteiger partial charge in [0.15, 0.2) is 0 Å². The van der Waals surface area contributed by atoms with Gasteiger partial charge in [-0.25, -0.2) is 0 Å². The first-order chi connectivity index (χ1) is 4.22. The molecule has 1 aliphatic heterocycles. The molecule has 0 N–H and O–H groups in total. The lowest BCUT2D eigenvalue weighted by Crippen LogP contribution is -2.36. The predicted molar refractivity (Wildman–Crippen MR) is 37.9 cm³/mol. The van der Waals surface area contributed by atoms with Gasteiger partial charge in [0, 0.05) is 16.6 Å². The highest BCUT2D eigenvalue weighted by molar-refractivity contribution is 7.85. The summed E-state index contributed by atoms with van der Waals surface area (Å²) in [5.74, 6) is 0.714. The van der Waals surface area contributed by atoms with Crippen LogP contribution in [-0.2, 0) is 15.5 Å². The minimum absolute atomic E-state index is 0.180. The van der Waals surface area contributed by atoms with Crippen LogP contribution in [-0.4, -0.2) is 27.9 Å². The van der Waals surface area contributed by atoms with Crippen LogP contribution in [0, 0.1) is 0 Å². The zero-order valence-corrected chi connectivity index (χ0v) is 6.61. The van der Waals surface area contributed by atoms with Crippen LogP contribution in [0.1, 0.15) is 13.8 Å². The van der Waals surface area contributed by atoms with E-state index in [-0.39, 0.29) is 11.4 Å². The van der Waals surface area contributed by atoms with Crippen molar-refractivity contribution in [3.05, 3.63) is 0 Å². The molecule has 0 saturated carbocycles. The van der Waals surface area contributed by atoms with Gasteiger partial charge in [0.05, 0.1) is 18.0 Å². The molecule has 0 aliphatic carbocycles. The van der Waals surface area contributed by atoms with Crippen molar-refractivity contribution in [2.24, 2.45) is 0 Å². The summed E-state index contributed by atoms with van der Waals surface area (Å²) in [6, 6.07) is 0. The third-order valence-electron chi connectivity index (χ3n) is 1.74. The van der Waals surface area contributed by atoms with E-state index in [0.717, 1.165) is 0 Å². The number of rotatable bonds is 0. The summed E-state index contributed by atoms with van der Waals surface area (Å²) in [5, 5.41) is 0.221. The molecular weight excluding hydrogens is 136 g/mol. The van der Waals surface area contributed by atoms with Crippen LogP contribution in [0.15, 0.2) is 0 Å². The van der Waals surface area contributed by atoms with E-state index in [1.54, 1.807) is 0 Å². The summed E-state index contributed by atoms with van der Waals surface area (Å²) in [5.41, 5.74) is 0. The Morgan fingerprint density at radius 1 is 1.56 bits per heavy atom. The minimum atomic E-state index is -0.640. The van der Waals surface area contributed by atoms with E-state index in [4.69, 9.17) is 4.74 Å². The van der Waals surface area contributed by atoms with Crippen LogP contribution >= 0.6 is 0 Å². The molecule has 1 heterocycles. The van der Waals surface area contributed by atoms with E-state index >= 15 is 0 Å². The normalized spacial score (nSPS) is 44.9. The molecule has 0 radical (unpaired) electrons. The van der Waals surface area contributed by atoms with Crippen molar-refractivity contribution in [2.45, 2.75) is 25.2 Å². The Bertz CT molecular complexity index is 124. The van der Waals surface area contributed by atoms with E-state index in [0.29, 0.717) is 12.4 Å². The molecule has 1 saturated heterocycles. The fourth-order valence-electron chi connectivity index (χ4n) is 0.851. The molecule has 0 spiro atoms. The monoisotopic (exact) mass is 148 g/mol. The van der Waals surface area contributed by atoms with Gasteiger partial charge in [-0.05, 0) is 13.8 Å². The Morgan fingerprint density at radius 3 is 2.67 bits per heavy atom. The molecule has 1 aliphatic rings. The summed E-state index contributed by atoms with van der Waals surface area (Å²) >= 11 is 0. The fraction of sp³-hybridized carbons (Fsp3) is 1.00. The molecule has 0 aromatic heterocycles. The summed E-state index contributed by atoms with van der Waals surface area (Å²) in [6.45, 7) is 4.61. The zero-order chi connectivity index (χ0) is 6.85. The number of hydrogen-bond donors (Lipinski definition) is 0. The highest BCUT2D eigenvalue weighted by atomic mass is 32.2. The molecule has 0 aromatic rings. The Hall–Kier alpha value is 0.110. The largest absolute Gasteiger partial charge is 0.376 e. The van der Waals surface area contributed by atoms with Gasteiger partial charge >= 0.3 is 0 Å². The van der Waals surface area contributed by atoms with E-state index < -0.39 is 10.8 Å². The first kappa shape index (κ1) is 7.22. The smallest absolute Gasteiger partial charge is 0.0688 e. The Morgan fingerprint density at radius 2 is 2.22 bits per heavy atom. The van der Waals surface area contributed by atoms with Gasteiger partial charge < -0.3 is 4.74 Å². The average molecular weight is 148 g/mol. The maximum atomic E-state index is 11.0. The Balaban J connectivity index is 2.51. The molecule has 0 aromatic carbocycles. The van der Waals surface area contributed by atoms with Crippen LogP contribution in [0.2, 0.25) is 0 Å². The minimum Gasteiger partial charge on any atom is -0.376 e. The highest BCUT2D eigenvalue weighted by Gasteiger charge is 2.23. The SMILES string of the molecule is C[C@@H]1OCCS(=O)[C@@H]1C. The average Bonchev–Trinajstić information content (AvgIpc) is 1.83. The van der Waals surface area contributed by atoms with Crippen molar-refractivity contribution in [3.63, 3.8) is 0 Å². The summed E-state index contributed by atoms with van der Waals surface area (Å²) in [6.07, 6.45) is 0.180. The second kappa shape index (κ2) is 2.80. The maximum Gasteiger partial charge on any atom is 0.0688 e. The quantitative estimate of drug-likeness (QED) is 0.501. The van der Waals surface area contributed by atoms with Crippen LogP contribution in [0.3, 0.4) is 0 Å². The first-order valence-electron chi connectivity index (χ1n) is 3.20. The van der Waals surface area contributed by atoms with E-state index in [1.807, 2.05) is 13.8 Å². The topological polar surface area (TPSA) is 26.3 Å². The molecule has 1 rings (SSSR count). The molecule has 1 fully saturated rings. The van der Waals surface area contributed by atoms with E-state index in [2.05, 4.69) is 0 Å². The Kier molecular flexibility index (Phi) is 2.24. The fourth-order valence-corrected chi connectivity index (χ4v) is 1.99. The van der Waals surface area contributed by atoms with Gasteiger partial charge in [0.2, 0.25) is 0 Å². The molecule has 1 unspecified atom stereocenters. The van der Waals surface area contributed by atoms with Crippen molar-refractivity contribution in [2.75, 3.05) is 12.4 Å². The third kappa shape index (κ3) is 1.52. The van der Waals surface area contributed by atoms with Crippen LogP contribution in [0.4, 0.5) is 0 Å². The molecule has 0 bridgehead atoms. The molecular formula is C6H12O2S. The van der Waals surface area contributed by atoms with E-state index in [1.165, 1.54) is 0 Å². The summed E-state index contributed by atoms with van der Waals surface area (Å²) in [7, 11) is -0.640. The van der Waals surface area contributed by atoms with Crippen LogP contribution in [0.5, 0.6) is 0 Å². The second-order valence-corrected chi connectivity index (χ2v) is 4.28. The Labute approximate surface area is 58.0 Å². The lowest BCUT2D eigenvalue weighted by molar-refractivity contribution is 0.0701. The molecule has 2 nitrogen and oxygen atoms in total. The number of ether oxygens (including phenoxy) is 1. The van der Waals surface area contributed by atoms with Crippen molar-refractivity contribution in [3.8, 4) is 0 Å². The van der Waals surface area contributed by atoms with Crippen molar-refractivity contribution in [1.82, 2.24) is 0 Å². The summed E-state index contributed by atoms with van der Waals surface area (Å²) in [4.78, 5) is 0. The lowest BCUT2D eigenvalue weighted by atomic mass is 10.3. The van der Waals surface area contributed by atoms with E-state index in [9.17, 15) is 4.21 Å². The van der Waals surface area contributed by atoms with Crippen LogP contribution in [0.25, 0.3) is 0 Å². The van der Waals surface area contributed by atoms with Crippen LogP contribution < -0.4 is 0 Å².